The second-order valence-corrected chi connectivity index (χ2v) is 7.42. The number of rotatable bonds is 8. The first-order valence-electron chi connectivity index (χ1n) is 10.2. The van der Waals surface area contributed by atoms with Crippen LogP contribution in [0.2, 0.25) is 0 Å². The summed E-state index contributed by atoms with van der Waals surface area (Å²) in [6, 6.07) is 13.6. The van der Waals surface area contributed by atoms with Crippen molar-refractivity contribution >= 4 is 23.9 Å². The van der Waals surface area contributed by atoms with E-state index < -0.39 is 36.0 Å². The van der Waals surface area contributed by atoms with Gasteiger partial charge in [0.15, 0.2) is 5.78 Å². The van der Waals surface area contributed by atoms with E-state index in [0.29, 0.717) is 12.0 Å². The molecule has 2 aromatic carbocycles. The summed E-state index contributed by atoms with van der Waals surface area (Å²) < 4.78 is 5.17. The minimum atomic E-state index is -1.26. The largest absolute Gasteiger partial charge is 0.481 e. The van der Waals surface area contributed by atoms with Gasteiger partial charge in [-0.2, -0.15) is 0 Å². The summed E-state index contributed by atoms with van der Waals surface area (Å²) in [5.41, 5.74) is 2.12. The number of carboxylic acid groups (broad SMARTS) is 2. The third kappa shape index (κ3) is 5.63. The molecule has 1 unspecified atom stereocenters. The van der Waals surface area contributed by atoms with Gasteiger partial charge in [-0.05, 0) is 29.5 Å². The number of carbonyl (C=O) groups is 4. The van der Waals surface area contributed by atoms with Gasteiger partial charge >= 0.3 is 18.2 Å². The number of benzene rings is 2. The zero-order valence-corrected chi connectivity index (χ0v) is 17.3. The second-order valence-electron chi connectivity index (χ2n) is 7.42. The third-order valence-corrected chi connectivity index (χ3v) is 5.29. The number of alkyl carbamates (subject to hydrolysis) is 1. The average molecular weight is 440 g/mol. The van der Waals surface area contributed by atoms with Crippen molar-refractivity contribution < 1.29 is 34.1 Å². The molecule has 3 rings (SSSR count). The lowest BCUT2D eigenvalue weighted by Crippen LogP contribution is -2.50. The molecule has 9 heteroatoms. The molecule has 32 heavy (non-hydrogen) atoms. The molecule has 168 valence electrons. The first-order chi connectivity index (χ1) is 15.4. The number of ether oxygens (including phenoxy) is 1. The number of hydrogen-bond donors (Lipinski definition) is 3. The molecule has 3 N–H and O–H groups in total. The Bertz CT molecular complexity index is 993. The summed E-state index contributed by atoms with van der Waals surface area (Å²) in [4.78, 5) is 49.7. The maximum atomic E-state index is 13.4. The van der Waals surface area contributed by atoms with Gasteiger partial charge in [-0.1, -0.05) is 54.6 Å². The van der Waals surface area contributed by atoms with Crippen molar-refractivity contribution in [2.45, 2.75) is 38.0 Å². The van der Waals surface area contributed by atoms with Crippen LogP contribution in [0.1, 0.15) is 35.6 Å². The zero-order chi connectivity index (χ0) is 23.1. The van der Waals surface area contributed by atoms with Crippen LogP contribution in [0.25, 0.3) is 0 Å². The van der Waals surface area contributed by atoms with Gasteiger partial charge in [-0.3, -0.25) is 14.5 Å². The number of carbonyl (C=O) groups excluding carboxylic acids is 2. The molecule has 0 radical (unpaired) electrons. The topological polar surface area (TPSA) is 133 Å². The number of ketones is 1. The van der Waals surface area contributed by atoms with Crippen LogP contribution in [-0.2, 0) is 27.4 Å². The highest BCUT2D eigenvalue weighted by molar-refractivity contribution is 5.95. The Labute approximate surface area is 184 Å². The van der Waals surface area contributed by atoms with E-state index in [2.05, 4.69) is 5.32 Å². The van der Waals surface area contributed by atoms with Crippen LogP contribution in [0.4, 0.5) is 9.59 Å². The van der Waals surface area contributed by atoms with Crippen LogP contribution in [-0.4, -0.2) is 51.6 Å². The Morgan fingerprint density at radius 3 is 2.41 bits per heavy atom. The summed E-state index contributed by atoms with van der Waals surface area (Å²) >= 11 is 0. The van der Waals surface area contributed by atoms with Crippen molar-refractivity contribution in [1.29, 1.82) is 0 Å². The van der Waals surface area contributed by atoms with E-state index in [4.69, 9.17) is 9.84 Å². The van der Waals surface area contributed by atoms with Crippen LogP contribution in [0.15, 0.2) is 54.6 Å². The van der Waals surface area contributed by atoms with Gasteiger partial charge in [-0.25, -0.2) is 9.59 Å². The van der Waals surface area contributed by atoms with E-state index in [1.165, 1.54) is 0 Å². The summed E-state index contributed by atoms with van der Waals surface area (Å²) in [5.74, 6) is -1.74. The summed E-state index contributed by atoms with van der Waals surface area (Å²) in [6.45, 7) is 0.0902. The van der Waals surface area contributed by atoms with E-state index in [9.17, 15) is 24.3 Å². The van der Waals surface area contributed by atoms with E-state index in [-0.39, 0.29) is 26.0 Å². The van der Waals surface area contributed by atoms with Gasteiger partial charge in [0.05, 0.1) is 6.04 Å². The maximum absolute atomic E-state index is 13.4. The molecule has 2 amide bonds. The quantitative estimate of drug-likeness (QED) is 0.575. The van der Waals surface area contributed by atoms with Crippen molar-refractivity contribution in [2.24, 2.45) is 0 Å². The summed E-state index contributed by atoms with van der Waals surface area (Å²) in [5, 5.41) is 21.2. The monoisotopic (exact) mass is 440 g/mol. The molecule has 1 aliphatic rings. The molecule has 0 saturated carbocycles. The van der Waals surface area contributed by atoms with E-state index in [0.717, 1.165) is 16.0 Å². The lowest BCUT2D eigenvalue weighted by molar-refractivity contribution is -0.137. The molecule has 1 aliphatic heterocycles. The molecule has 0 spiro atoms. The highest BCUT2D eigenvalue weighted by atomic mass is 16.5. The van der Waals surface area contributed by atoms with E-state index >= 15 is 0 Å². The molecule has 0 fully saturated rings. The highest BCUT2D eigenvalue weighted by Crippen LogP contribution is 2.32. The van der Waals surface area contributed by atoms with Crippen molar-refractivity contribution in [3.8, 4) is 0 Å². The van der Waals surface area contributed by atoms with Crippen LogP contribution < -0.4 is 5.32 Å². The third-order valence-electron chi connectivity index (χ3n) is 5.29. The van der Waals surface area contributed by atoms with Crippen molar-refractivity contribution in [2.75, 3.05) is 6.54 Å². The van der Waals surface area contributed by atoms with Gasteiger partial charge in [-0.15, -0.1) is 0 Å². The lowest BCUT2D eigenvalue weighted by Gasteiger charge is -2.36. The van der Waals surface area contributed by atoms with E-state index in [1.54, 1.807) is 42.5 Å². The standard InChI is InChI=1S/C23H24N2O7/c26-19(27)11-10-18(24-22(29)32-14-15-6-2-1-3-7-15)21(28)20-17-9-5-4-8-16(17)12-13-25(20)23(30)31/h1-9,18,20H,10-14H2,(H,24,29)(H,26,27)(H,30,31)/t18-,20?/m1/s1. The molecule has 2 atom stereocenters. The summed E-state index contributed by atoms with van der Waals surface area (Å²) in [7, 11) is 0. The Kier molecular flexibility index (Phi) is 7.43. The van der Waals surface area contributed by atoms with Crippen molar-refractivity contribution in [3.63, 3.8) is 0 Å². The van der Waals surface area contributed by atoms with Crippen LogP contribution in [0, 0.1) is 0 Å². The predicted octanol–water partition coefficient (Wildman–Crippen LogP) is 2.99. The molecular formula is C23H24N2O7. The molecule has 1 heterocycles. The number of Topliss-reactive ketones (excluding diaryl/α,β-unsaturated/α-hetero) is 1. The average Bonchev–Trinajstić information content (AvgIpc) is 2.79. The van der Waals surface area contributed by atoms with E-state index in [1.807, 2.05) is 12.1 Å². The van der Waals surface area contributed by atoms with Gasteiger partial charge < -0.3 is 20.3 Å². The number of amides is 2. The number of fused-ring (bicyclic) bond motifs is 1. The zero-order valence-electron chi connectivity index (χ0n) is 17.3. The fraction of sp³-hybridized carbons (Fsp3) is 0.304. The van der Waals surface area contributed by atoms with Crippen LogP contribution in [0.3, 0.4) is 0 Å². The maximum Gasteiger partial charge on any atom is 0.408 e. The Hall–Kier alpha value is -3.88. The molecule has 9 nitrogen and oxygen atoms in total. The Morgan fingerprint density at radius 2 is 1.72 bits per heavy atom. The molecule has 0 aromatic heterocycles. The fourth-order valence-electron chi connectivity index (χ4n) is 3.73. The SMILES string of the molecule is O=C(O)CC[C@@H](NC(=O)OCc1ccccc1)C(=O)C1c2ccccc2CCN1C(=O)O. The van der Waals surface area contributed by atoms with Crippen molar-refractivity contribution in [3.05, 3.63) is 71.3 Å². The minimum absolute atomic E-state index is 0.0278. The summed E-state index contributed by atoms with van der Waals surface area (Å²) in [6.07, 6.45) is -2.26. The Morgan fingerprint density at radius 1 is 1.03 bits per heavy atom. The normalized spacial score (nSPS) is 15.9. The van der Waals surface area contributed by atoms with Gasteiger partial charge in [0.25, 0.3) is 0 Å². The van der Waals surface area contributed by atoms with Crippen molar-refractivity contribution in [1.82, 2.24) is 10.2 Å². The number of nitrogens with one attached hydrogen (secondary N) is 1. The lowest BCUT2D eigenvalue weighted by atomic mass is 9.87. The first-order valence-corrected chi connectivity index (χ1v) is 10.2. The highest BCUT2D eigenvalue weighted by Gasteiger charge is 2.39. The van der Waals surface area contributed by atoms with Crippen LogP contribution in [0.5, 0.6) is 0 Å². The Balaban J connectivity index is 1.80. The molecular weight excluding hydrogens is 416 g/mol. The van der Waals surface area contributed by atoms with Crippen LogP contribution >= 0.6 is 0 Å². The number of hydrogen-bond acceptors (Lipinski definition) is 5. The number of carboxylic acids is 1. The fourth-order valence-corrected chi connectivity index (χ4v) is 3.73. The molecule has 0 bridgehead atoms. The second kappa shape index (κ2) is 10.4. The minimum Gasteiger partial charge on any atom is -0.481 e. The molecule has 2 aromatic rings. The van der Waals surface area contributed by atoms with Gasteiger partial charge in [0.2, 0.25) is 0 Å². The molecule has 0 saturated heterocycles. The first kappa shape index (κ1) is 22.8. The smallest absolute Gasteiger partial charge is 0.408 e. The van der Waals surface area contributed by atoms with Gasteiger partial charge in [0, 0.05) is 13.0 Å². The number of aliphatic carboxylic acids is 1. The predicted molar refractivity (Wildman–Crippen MR) is 113 cm³/mol. The van der Waals surface area contributed by atoms with Gasteiger partial charge in [0.1, 0.15) is 12.6 Å². The number of nitrogens with zero attached hydrogens (tertiary/aromatic N) is 1. The molecule has 0 aliphatic carbocycles.